The smallest absolute Gasteiger partial charge is 0.152 e. The molecule has 3 heterocycles. The Morgan fingerprint density at radius 1 is 1.24 bits per heavy atom. The van der Waals surface area contributed by atoms with Crippen molar-refractivity contribution in [3.05, 3.63) is 70.1 Å². The van der Waals surface area contributed by atoms with Crippen molar-refractivity contribution in [1.29, 1.82) is 0 Å². The number of halogens is 2. The molecule has 0 amide bonds. The van der Waals surface area contributed by atoms with Gasteiger partial charge in [0.25, 0.3) is 0 Å². The van der Waals surface area contributed by atoms with Gasteiger partial charge in [0, 0.05) is 11.5 Å². The molecule has 2 aromatic carbocycles. The predicted molar refractivity (Wildman–Crippen MR) is 131 cm³/mol. The summed E-state index contributed by atoms with van der Waals surface area (Å²) in [6.07, 6.45) is 1.10. The van der Waals surface area contributed by atoms with Crippen molar-refractivity contribution >= 4 is 32.5 Å². The monoisotopic (exact) mass is 501 g/mol. The van der Waals surface area contributed by atoms with E-state index in [2.05, 4.69) is 9.72 Å². The lowest BCUT2D eigenvalue weighted by molar-refractivity contribution is 0.393. The van der Waals surface area contributed by atoms with Gasteiger partial charge in [-0.25, -0.2) is 17.8 Å². The van der Waals surface area contributed by atoms with Crippen LogP contribution in [-0.2, 0) is 16.3 Å². The molecule has 178 valence electrons. The zero-order valence-electron chi connectivity index (χ0n) is 19.2. The lowest BCUT2D eigenvalue weighted by atomic mass is 10.00. The van der Waals surface area contributed by atoms with Crippen molar-refractivity contribution < 1.29 is 17.3 Å². The standard InChI is InChI=1S/C25H25ClFN3O3S/c1-14(10-17-4-6-20(26)21(27)11-17)25-28-22-12-18(24-15(2)29-33-16(24)3)5-7-23(22)30(25)19-8-9-34(31,32)13-19/h4-7,11-12,14,19H,8-10,13H2,1-3H3/t14-,19+/m0/s1. The van der Waals surface area contributed by atoms with E-state index in [1.807, 2.05) is 45.0 Å². The third kappa shape index (κ3) is 4.14. The summed E-state index contributed by atoms with van der Waals surface area (Å²) in [5.41, 5.74) is 5.17. The number of sulfone groups is 1. The van der Waals surface area contributed by atoms with E-state index in [4.69, 9.17) is 21.1 Å². The topological polar surface area (TPSA) is 78.0 Å². The Hall–Kier alpha value is -2.71. The summed E-state index contributed by atoms with van der Waals surface area (Å²) >= 11 is 5.85. The Morgan fingerprint density at radius 3 is 2.68 bits per heavy atom. The van der Waals surface area contributed by atoms with Gasteiger partial charge in [0.05, 0.1) is 39.3 Å². The Bertz CT molecular complexity index is 1490. The van der Waals surface area contributed by atoms with Gasteiger partial charge in [0.2, 0.25) is 0 Å². The van der Waals surface area contributed by atoms with Gasteiger partial charge < -0.3 is 9.09 Å². The Balaban J connectivity index is 1.61. The normalized spacial score (nSPS) is 18.6. The molecule has 6 nitrogen and oxygen atoms in total. The molecule has 9 heteroatoms. The van der Waals surface area contributed by atoms with E-state index in [-0.39, 0.29) is 28.5 Å². The highest BCUT2D eigenvalue weighted by atomic mass is 35.5. The summed E-state index contributed by atoms with van der Waals surface area (Å²) in [6.45, 7) is 5.81. The number of aromatic nitrogens is 3. The van der Waals surface area contributed by atoms with Gasteiger partial charge in [0.15, 0.2) is 9.84 Å². The first-order chi connectivity index (χ1) is 16.1. The van der Waals surface area contributed by atoms with Crippen LogP contribution in [0.5, 0.6) is 0 Å². The number of fused-ring (bicyclic) bond motifs is 1. The van der Waals surface area contributed by atoms with Gasteiger partial charge in [-0.05, 0) is 62.1 Å². The Kier molecular flexibility index (Phi) is 5.76. The number of hydrogen-bond acceptors (Lipinski definition) is 5. The van der Waals surface area contributed by atoms with Crippen molar-refractivity contribution in [1.82, 2.24) is 14.7 Å². The second kappa shape index (κ2) is 8.50. The zero-order valence-corrected chi connectivity index (χ0v) is 20.8. The van der Waals surface area contributed by atoms with Crippen LogP contribution in [0.4, 0.5) is 4.39 Å². The molecule has 1 aliphatic heterocycles. The summed E-state index contributed by atoms with van der Waals surface area (Å²) in [5, 5.41) is 4.14. The van der Waals surface area contributed by atoms with E-state index in [0.717, 1.165) is 45.0 Å². The van der Waals surface area contributed by atoms with Crippen molar-refractivity contribution in [3.8, 4) is 11.1 Å². The maximum atomic E-state index is 14.0. The van der Waals surface area contributed by atoms with Crippen LogP contribution in [0.1, 0.15) is 48.1 Å². The molecular weight excluding hydrogens is 477 g/mol. The molecule has 0 radical (unpaired) electrons. The molecule has 0 spiro atoms. The van der Waals surface area contributed by atoms with Crippen molar-refractivity contribution in [2.24, 2.45) is 0 Å². The number of aryl methyl sites for hydroxylation is 2. The molecule has 0 N–H and O–H groups in total. The van der Waals surface area contributed by atoms with Crippen molar-refractivity contribution in [2.75, 3.05) is 11.5 Å². The van der Waals surface area contributed by atoms with Crippen molar-refractivity contribution in [2.45, 2.75) is 45.6 Å². The molecule has 1 saturated heterocycles. The lowest BCUT2D eigenvalue weighted by Crippen LogP contribution is -2.16. The van der Waals surface area contributed by atoms with E-state index < -0.39 is 15.7 Å². The molecule has 0 aliphatic carbocycles. The van der Waals surface area contributed by atoms with Gasteiger partial charge >= 0.3 is 0 Å². The zero-order chi connectivity index (χ0) is 24.2. The number of imidazole rings is 1. The summed E-state index contributed by atoms with van der Waals surface area (Å²) in [7, 11) is -3.09. The third-order valence-corrected chi connectivity index (χ3v) is 8.64. The second-order valence-corrected chi connectivity index (χ2v) is 11.8. The van der Waals surface area contributed by atoms with E-state index in [9.17, 15) is 12.8 Å². The Morgan fingerprint density at radius 2 is 2.03 bits per heavy atom. The SMILES string of the molecule is Cc1noc(C)c1-c1ccc2c(c1)nc([C@@H](C)Cc1ccc(Cl)c(F)c1)n2[C@@H]1CCS(=O)(=O)C1. The van der Waals surface area contributed by atoms with Crippen LogP contribution in [0, 0.1) is 19.7 Å². The molecule has 0 bridgehead atoms. The molecule has 5 rings (SSSR count). The van der Waals surface area contributed by atoms with Crippen LogP contribution in [-0.4, -0.2) is 34.6 Å². The van der Waals surface area contributed by atoms with Gasteiger partial charge in [-0.1, -0.05) is 35.8 Å². The summed E-state index contributed by atoms with van der Waals surface area (Å²) in [4.78, 5) is 4.97. The summed E-state index contributed by atoms with van der Waals surface area (Å²) in [6, 6.07) is 10.6. The molecule has 0 saturated carbocycles. The van der Waals surface area contributed by atoms with Gasteiger partial charge in [-0.15, -0.1) is 0 Å². The van der Waals surface area contributed by atoms with Crippen LogP contribution in [0.15, 0.2) is 40.9 Å². The summed E-state index contributed by atoms with van der Waals surface area (Å²) in [5.74, 6) is 1.27. The minimum atomic E-state index is -3.09. The second-order valence-electron chi connectivity index (χ2n) is 9.15. The first-order valence-electron chi connectivity index (χ1n) is 11.2. The maximum Gasteiger partial charge on any atom is 0.152 e. The highest BCUT2D eigenvalue weighted by Gasteiger charge is 2.33. The van der Waals surface area contributed by atoms with Gasteiger partial charge in [-0.2, -0.15) is 0 Å². The number of nitrogens with zero attached hydrogens (tertiary/aromatic N) is 3. The first kappa shape index (κ1) is 23.1. The fourth-order valence-electron chi connectivity index (χ4n) is 4.99. The van der Waals surface area contributed by atoms with E-state index >= 15 is 0 Å². The van der Waals surface area contributed by atoms with Crippen LogP contribution < -0.4 is 0 Å². The minimum absolute atomic E-state index is 0.0706. The first-order valence-corrected chi connectivity index (χ1v) is 13.4. The van der Waals surface area contributed by atoms with Crippen LogP contribution in [0.25, 0.3) is 22.2 Å². The van der Waals surface area contributed by atoms with E-state index in [0.29, 0.717) is 12.8 Å². The highest BCUT2D eigenvalue weighted by Crippen LogP contribution is 2.36. The molecule has 4 aromatic rings. The fourth-order valence-corrected chi connectivity index (χ4v) is 6.81. The highest BCUT2D eigenvalue weighted by molar-refractivity contribution is 7.91. The number of hydrogen-bond donors (Lipinski definition) is 0. The molecule has 34 heavy (non-hydrogen) atoms. The van der Waals surface area contributed by atoms with Gasteiger partial charge in [0.1, 0.15) is 17.4 Å². The quantitative estimate of drug-likeness (QED) is 0.345. The Labute approximate surface area is 202 Å². The largest absolute Gasteiger partial charge is 0.361 e. The molecular formula is C25H25ClFN3O3S. The average molecular weight is 502 g/mol. The van der Waals surface area contributed by atoms with Crippen LogP contribution in [0.3, 0.4) is 0 Å². The predicted octanol–water partition coefficient (Wildman–Crippen LogP) is 5.81. The number of benzene rings is 2. The van der Waals surface area contributed by atoms with Gasteiger partial charge in [-0.3, -0.25) is 0 Å². The molecule has 1 aliphatic rings. The fraction of sp³-hybridized carbons (Fsp3) is 0.360. The lowest BCUT2D eigenvalue weighted by Gasteiger charge is -2.19. The number of rotatable bonds is 5. The minimum Gasteiger partial charge on any atom is -0.361 e. The maximum absolute atomic E-state index is 14.0. The summed E-state index contributed by atoms with van der Waals surface area (Å²) < 4.78 is 46.0. The van der Waals surface area contributed by atoms with Crippen molar-refractivity contribution in [3.63, 3.8) is 0 Å². The van der Waals surface area contributed by atoms with E-state index in [1.54, 1.807) is 6.07 Å². The third-order valence-electron chi connectivity index (χ3n) is 6.58. The van der Waals surface area contributed by atoms with E-state index in [1.165, 1.54) is 6.07 Å². The van der Waals surface area contributed by atoms with Crippen LogP contribution >= 0.6 is 11.6 Å². The molecule has 2 atom stereocenters. The molecule has 1 fully saturated rings. The molecule has 2 aromatic heterocycles. The molecule has 0 unspecified atom stereocenters. The van der Waals surface area contributed by atoms with Crippen LogP contribution in [0.2, 0.25) is 5.02 Å². The average Bonchev–Trinajstić information content (AvgIpc) is 3.44.